The van der Waals surface area contributed by atoms with Crippen LogP contribution in [0.15, 0.2) is 0 Å². The van der Waals surface area contributed by atoms with E-state index in [4.69, 9.17) is 61.6 Å². The Morgan fingerprint density at radius 2 is 0.659 bits per heavy atom. The second-order valence-electron chi connectivity index (χ2n) is 22.1. The van der Waals surface area contributed by atoms with E-state index in [1.807, 2.05) is 0 Å². The molecule has 7 heterocycles. The lowest BCUT2D eigenvalue weighted by atomic mass is 9.89. The van der Waals surface area contributed by atoms with E-state index >= 15 is 0 Å². The summed E-state index contributed by atoms with van der Waals surface area (Å²) in [5, 5.41) is 222. The summed E-state index contributed by atoms with van der Waals surface area (Å²) in [6, 6.07) is -3.17. The Labute approximate surface area is 507 Å². The summed E-state index contributed by atoms with van der Waals surface area (Å²) >= 11 is 3.04. The molecule has 0 aliphatic carbocycles. The van der Waals surface area contributed by atoms with Crippen molar-refractivity contribution >= 4 is 33.5 Å². The van der Waals surface area contributed by atoms with Crippen LogP contribution in [0, 0.1) is 0 Å². The van der Waals surface area contributed by atoms with Gasteiger partial charge in [-0.25, -0.2) is 0 Å². The van der Waals surface area contributed by atoms with Crippen LogP contribution in [0.3, 0.4) is 0 Å². The molecule has 35 atom stereocenters. The van der Waals surface area contributed by atoms with Gasteiger partial charge in [-0.2, -0.15) is 0 Å². The molecule has 7 aliphatic rings. The minimum absolute atomic E-state index is 0.138. The van der Waals surface area contributed by atoms with Crippen LogP contribution in [-0.2, 0) is 76.0 Å². The van der Waals surface area contributed by atoms with Crippen molar-refractivity contribution in [3.8, 4) is 0 Å². The summed E-state index contributed by atoms with van der Waals surface area (Å²) in [7, 11) is 0. The topological polar surface area (TPSA) is 600 Å². The zero-order chi connectivity index (χ0) is 64.9. The van der Waals surface area contributed by atoms with Gasteiger partial charge in [-0.05, 0) is 0 Å². The third-order valence-corrected chi connectivity index (χ3v) is 16.6. The second kappa shape index (κ2) is 32.3. The zero-order valence-corrected chi connectivity index (χ0v) is 48.5. The highest BCUT2D eigenvalue weighted by molar-refractivity contribution is 9.09. The molecule has 13 unspecified atom stereocenters. The number of ether oxygens (including phenoxy) is 13. The first-order valence-electron chi connectivity index (χ1n) is 28.0. The number of Topliss-reactive ketones (excluding diaryl/α,β-unsaturated/α-hetero) is 1. The summed E-state index contributed by atoms with van der Waals surface area (Å²) < 4.78 is 75.3. The van der Waals surface area contributed by atoms with E-state index in [-0.39, 0.29) is 11.8 Å². The molecule has 38 nitrogen and oxygen atoms in total. The molecule has 0 bridgehead atoms. The quantitative estimate of drug-likeness (QED) is 0.0399. The lowest BCUT2D eigenvalue weighted by molar-refractivity contribution is -0.387. The van der Waals surface area contributed by atoms with Crippen LogP contribution in [0.25, 0.3) is 0 Å². The molecule has 0 radical (unpaired) electrons. The van der Waals surface area contributed by atoms with Gasteiger partial charge in [0.05, 0.1) is 63.7 Å². The molecule has 0 spiro atoms. The molecule has 39 heteroatoms. The van der Waals surface area contributed by atoms with Crippen molar-refractivity contribution in [2.75, 3.05) is 51.6 Å². The maximum absolute atomic E-state index is 12.8. The van der Waals surface area contributed by atoms with Gasteiger partial charge >= 0.3 is 0 Å². The molecule has 0 aromatic carbocycles. The van der Waals surface area contributed by atoms with E-state index in [1.165, 1.54) is 0 Å². The lowest BCUT2D eigenvalue weighted by Crippen LogP contribution is -2.70. The van der Waals surface area contributed by atoms with Gasteiger partial charge < -0.3 is 174 Å². The number of ketones is 1. The van der Waals surface area contributed by atoms with Gasteiger partial charge in [0.2, 0.25) is 11.8 Å². The Morgan fingerprint density at radius 3 is 1.09 bits per heavy atom. The second-order valence-corrected chi connectivity index (χ2v) is 22.7. The summed E-state index contributed by atoms with van der Waals surface area (Å²) in [4.78, 5) is 37.6. The number of halogens is 1. The van der Waals surface area contributed by atoms with E-state index in [9.17, 15) is 117 Å². The largest absolute Gasteiger partial charge is 0.394 e. The number of aliphatic hydroxyl groups excluding tert-OH is 20. The maximum atomic E-state index is 12.8. The molecule has 510 valence electrons. The third-order valence-electron chi connectivity index (χ3n) is 16.0. The maximum Gasteiger partial charge on any atom is 0.217 e. The van der Waals surface area contributed by atoms with Crippen molar-refractivity contribution in [3.05, 3.63) is 0 Å². The van der Waals surface area contributed by atoms with Crippen LogP contribution in [-0.4, -0.2) is 386 Å². The van der Waals surface area contributed by atoms with E-state index in [2.05, 4.69) is 26.6 Å². The van der Waals surface area contributed by atoms with Crippen LogP contribution >= 0.6 is 15.9 Å². The Balaban J connectivity index is 1.17. The summed E-state index contributed by atoms with van der Waals surface area (Å²) in [6.07, 6.45) is -64.7. The molecule has 7 saturated heterocycles. The molecular weight excluding hydrogens is 1270 g/mol. The Kier molecular flexibility index (Phi) is 26.8. The normalized spacial score (nSPS) is 48.6. The number of aliphatic hydroxyl groups is 20. The highest BCUT2D eigenvalue weighted by Crippen LogP contribution is 2.37. The number of carbonyl (C=O) groups is 3. The van der Waals surface area contributed by atoms with Crippen LogP contribution in [0.1, 0.15) is 20.3 Å². The standard InChI is InChI=1S/C49H81BrN2O36/c1-12(58)51-23-15(3-14(60)4-50)78-19(8-56)40(30(23)66)85-44-24(52-13(2)59)31(67)41(20(9-57)82-44)86-49-39(75)43(88-48-37(73)34(70)27(63)18(7-55)81-48)29(65)22(84-49)11-77-46-38(74)42(87-47-36(72)33(69)26(62)17(6-54)80-47)28(64)21(83-46)10-76-45-35(71)32(68)25(61)16(5-53)79-45/h15-49,53-57,61-75H,3-11H2,1-2H3,(H,51,58)(H,52,59)/t15-,16?,17?,18?,19?,20?,21?,22?,23?,24?,25+,26+,27-,28+,29+,30+,31+,32-,33-,34?,35+,36?,37-,38?,39?,40+,41+,42-,43-,44-,45+,46-,47-,48-,49-/m0/s1. The van der Waals surface area contributed by atoms with Crippen molar-refractivity contribution < 1.29 is 178 Å². The first-order valence-corrected chi connectivity index (χ1v) is 29.1. The molecular formula is C49H81BrN2O36. The number of carbonyl (C=O) groups excluding carboxylic acids is 3. The lowest BCUT2D eigenvalue weighted by Gasteiger charge is -2.50. The highest BCUT2D eigenvalue weighted by Gasteiger charge is 2.58. The predicted octanol–water partition coefficient (Wildman–Crippen LogP) is -14.6. The summed E-state index contributed by atoms with van der Waals surface area (Å²) in [5.74, 6) is -1.96. The van der Waals surface area contributed by atoms with Crippen molar-refractivity contribution in [3.63, 3.8) is 0 Å². The molecule has 22 N–H and O–H groups in total. The zero-order valence-electron chi connectivity index (χ0n) is 46.9. The third kappa shape index (κ3) is 16.3. The molecule has 7 rings (SSSR count). The molecule has 0 saturated carbocycles. The van der Waals surface area contributed by atoms with Crippen LogP contribution in [0.2, 0.25) is 0 Å². The van der Waals surface area contributed by atoms with Gasteiger partial charge in [-0.3, -0.25) is 14.4 Å². The minimum Gasteiger partial charge on any atom is -0.394 e. The van der Waals surface area contributed by atoms with Crippen molar-refractivity contribution in [1.82, 2.24) is 10.6 Å². The number of hydrogen-bond acceptors (Lipinski definition) is 36. The summed E-state index contributed by atoms with van der Waals surface area (Å²) in [5.41, 5.74) is 0. The van der Waals surface area contributed by atoms with Gasteiger partial charge in [0.15, 0.2) is 37.7 Å². The Hall–Kier alpha value is -2.23. The molecule has 0 aromatic rings. The number of alkyl halides is 1. The first kappa shape index (κ1) is 73.2. The number of amides is 2. The van der Waals surface area contributed by atoms with Crippen LogP contribution in [0.5, 0.6) is 0 Å². The minimum atomic E-state index is -2.35. The first-order chi connectivity index (χ1) is 41.6. The van der Waals surface area contributed by atoms with Crippen molar-refractivity contribution in [2.45, 2.75) is 235 Å². The van der Waals surface area contributed by atoms with Crippen LogP contribution < -0.4 is 10.6 Å². The van der Waals surface area contributed by atoms with Gasteiger partial charge in [0.1, 0.15) is 171 Å². The average molecular weight is 1350 g/mol. The number of hydrogen-bond donors (Lipinski definition) is 22. The fourth-order valence-corrected chi connectivity index (χ4v) is 11.4. The monoisotopic (exact) mass is 1350 g/mol. The smallest absolute Gasteiger partial charge is 0.217 e. The molecule has 2 amide bonds. The fraction of sp³-hybridized carbons (Fsp3) is 0.939. The highest BCUT2D eigenvalue weighted by atomic mass is 79.9. The van der Waals surface area contributed by atoms with Gasteiger partial charge in [-0.1, -0.05) is 15.9 Å². The van der Waals surface area contributed by atoms with E-state index in [0.717, 1.165) is 13.8 Å². The molecule has 7 fully saturated rings. The van der Waals surface area contributed by atoms with Crippen molar-refractivity contribution in [2.24, 2.45) is 0 Å². The Morgan fingerprint density at radius 1 is 0.341 bits per heavy atom. The van der Waals surface area contributed by atoms with Crippen molar-refractivity contribution in [1.29, 1.82) is 0 Å². The van der Waals surface area contributed by atoms with Crippen LogP contribution in [0.4, 0.5) is 0 Å². The number of rotatable bonds is 24. The summed E-state index contributed by atoms with van der Waals surface area (Å²) in [6.45, 7) is -4.69. The fourth-order valence-electron chi connectivity index (χ4n) is 11.2. The molecule has 7 aliphatic heterocycles. The molecule has 0 aromatic heterocycles. The van der Waals surface area contributed by atoms with Gasteiger partial charge in [0, 0.05) is 20.3 Å². The number of nitrogens with one attached hydrogen (secondary N) is 2. The SMILES string of the molecule is CC(=O)NC1[C@H](O[C@@H]2C(CO)O[C@@H](CC(=O)CBr)C(NC(C)=O)[C@H]2O)OC(CO)[C@@H](O[C@@H]2OC(CO[C@H]3OC(CO[C@@H]4OC(CO)[C@@H](O)[C@H](O)[C@H]4O)[C@@H](O)[C@H](O[C@@H]4OC(CO)[C@@H](O)[C@H](O)C4O)C3O)[C@@H](O)[C@H](O[C@@H]3OC(CO)[C@H](O)C(O)[C@@H]3O)C2O)[C@@H]1O. The predicted molar refractivity (Wildman–Crippen MR) is 276 cm³/mol. The average Bonchev–Trinajstić information content (AvgIpc) is 1.03. The molecule has 88 heavy (non-hydrogen) atoms. The van der Waals surface area contributed by atoms with Gasteiger partial charge in [0.25, 0.3) is 0 Å². The Bertz CT molecular complexity index is 2200. The van der Waals surface area contributed by atoms with E-state index in [1.54, 1.807) is 0 Å². The van der Waals surface area contributed by atoms with E-state index in [0.29, 0.717) is 0 Å². The van der Waals surface area contributed by atoms with Gasteiger partial charge in [-0.15, -0.1) is 0 Å². The van der Waals surface area contributed by atoms with E-state index < -0.39 is 278 Å².